The summed E-state index contributed by atoms with van der Waals surface area (Å²) in [6.07, 6.45) is 0. The van der Waals surface area contributed by atoms with Crippen LogP contribution in [0.15, 0.2) is 4.99 Å². The monoisotopic (exact) mass is 441 g/mol. The third kappa shape index (κ3) is 8.71. The Kier molecular flexibility index (Phi) is 11.5. The Morgan fingerprint density at radius 3 is 2.48 bits per heavy atom. The van der Waals surface area contributed by atoms with Gasteiger partial charge in [-0.2, -0.15) is 0 Å². The van der Waals surface area contributed by atoms with Gasteiger partial charge in [-0.15, -0.1) is 24.0 Å². The molecular formula is C15H32IN5O2. The summed E-state index contributed by atoms with van der Waals surface area (Å²) in [6, 6.07) is 0. The third-order valence-electron chi connectivity index (χ3n) is 3.64. The van der Waals surface area contributed by atoms with Crippen LogP contribution in [0.25, 0.3) is 0 Å². The van der Waals surface area contributed by atoms with Gasteiger partial charge in [0.1, 0.15) is 0 Å². The fraction of sp³-hybridized carbons (Fsp3) is 0.867. The van der Waals surface area contributed by atoms with Crippen LogP contribution in [0.4, 0.5) is 0 Å². The van der Waals surface area contributed by atoms with Crippen molar-refractivity contribution in [3.05, 3.63) is 0 Å². The van der Waals surface area contributed by atoms with Gasteiger partial charge in [-0.05, 0) is 20.8 Å². The van der Waals surface area contributed by atoms with E-state index in [4.69, 9.17) is 4.74 Å². The maximum Gasteiger partial charge on any atom is 0.227 e. The molecule has 1 aliphatic heterocycles. The number of nitrogens with zero attached hydrogens (tertiary/aromatic N) is 2. The van der Waals surface area contributed by atoms with Crippen molar-refractivity contribution in [2.45, 2.75) is 20.8 Å². The minimum absolute atomic E-state index is 0. The van der Waals surface area contributed by atoms with Gasteiger partial charge in [0.05, 0.1) is 25.2 Å². The number of morpholine rings is 1. The van der Waals surface area contributed by atoms with E-state index < -0.39 is 5.41 Å². The molecule has 0 saturated carbocycles. The predicted octanol–water partition coefficient (Wildman–Crippen LogP) is 0.264. The maximum absolute atomic E-state index is 11.8. The molecule has 0 radical (unpaired) electrons. The van der Waals surface area contributed by atoms with Gasteiger partial charge in [-0.3, -0.25) is 14.7 Å². The first kappa shape index (κ1) is 22.4. The zero-order valence-corrected chi connectivity index (χ0v) is 17.1. The molecule has 0 bridgehead atoms. The number of hydrogen-bond donors (Lipinski definition) is 3. The van der Waals surface area contributed by atoms with E-state index >= 15 is 0 Å². The van der Waals surface area contributed by atoms with Crippen LogP contribution in [0.3, 0.4) is 0 Å². The molecule has 0 aliphatic carbocycles. The largest absolute Gasteiger partial charge is 0.379 e. The third-order valence-corrected chi connectivity index (χ3v) is 3.64. The molecule has 1 amide bonds. The summed E-state index contributed by atoms with van der Waals surface area (Å²) >= 11 is 0. The van der Waals surface area contributed by atoms with E-state index in [9.17, 15) is 4.79 Å². The van der Waals surface area contributed by atoms with Gasteiger partial charge in [-0.25, -0.2) is 0 Å². The predicted molar refractivity (Wildman–Crippen MR) is 105 cm³/mol. The summed E-state index contributed by atoms with van der Waals surface area (Å²) in [5.74, 6) is 0.758. The number of carbonyl (C=O) groups is 1. The zero-order chi connectivity index (χ0) is 16.4. The van der Waals surface area contributed by atoms with E-state index in [0.717, 1.165) is 51.9 Å². The van der Waals surface area contributed by atoms with Crippen LogP contribution >= 0.6 is 24.0 Å². The first-order chi connectivity index (χ1) is 10.5. The van der Waals surface area contributed by atoms with Crippen molar-refractivity contribution in [3.8, 4) is 0 Å². The fourth-order valence-corrected chi connectivity index (χ4v) is 2.19. The second-order valence-corrected chi connectivity index (χ2v) is 6.04. The Labute approximate surface area is 157 Å². The van der Waals surface area contributed by atoms with Crippen LogP contribution in [0, 0.1) is 5.41 Å². The first-order valence-electron chi connectivity index (χ1n) is 8.04. The minimum Gasteiger partial charge on any atom is -0.379 e. The molecule has 3 N–H and O–H groups in total. The van der Waals surface area contributed by atoms with E-state index in [-0.39, 0.29) is 29.9 Å². The SMILES string of the molecule is CCNC(=NCC(C)(C)C(=O)NC)NCCN1CCOCC1.I. The van der Waals surface area contributed by atoms with Crippen LogP contribution in [0.2, 0.25) is 0 Å². The van der Waals surface area contributed by atoms with Crippen molar-refractivity contribution in [1.82, 2.24) is 20.9 Å². The molecule has 0 spiro atoms. The van der Waals surface area contributed by atoms with Crippen molar-refractivity contribution in [2.75, 3.05) is 59.5 Å². The highest BCUT2D eigenvalue weighted by Crippen LogP contribution is 2.15. The molecule has 0 aromatic rings. The molecular weight excluding hydrogens is 409 g/mol. The molecule has 7 nitrogen and oxygen atoms in total. The lowest BCUT2D eigenvalue weighted by Gasteiger charge is -2.27. The van der Waals surface area contributed by atoms with E-state index in [1.165, 1.54) is 0 Å². The standard InChI is InChI=1S/C15H31N5O2.HI/c1-5-17-14(19-12-15(2,3)13(21)16-4)18-6-7-20-8-10-22-11-9-20;/h5-12H2,1-4H3,(H,16,21)(H2,17,18,19);1H. The Hall–Kier alpha value is -0.610. The summed E-state index contributed by atoms with van der Waals surface area (Å²) in [7, 11) is 1.65. The van der Waals surface area contributed by atoms with Gasteiger partial charge in [0.2, 0.25) is 5.91 Å². The van der Waals surface area contributed by atoms with E-state index in [2.05, 4.69) is 25.8 Å². The molecule has 0 atom stereocenters. The highest BCUT2D eigenvalue weighted by Gasteiger charge is 2.26. The molecule has 1 heterocycles. The minimum atomic E-state index is -0.513. The molecule has 8 heteroatoms. The first-order valence-corrected chi connectivity index (χ1v) is 8.04. The second-order valence-electron chi connectivity index (χ2n) is 6.04. The van der Waals surface area contributed by atoms with Crippen LogP contribution in [0.1, 0.15) is 20.8 Å². The fourth-order valence-electron chi connectivity index (χ4n) is 2.19. The molecule has 0 unspecified atom stereocenters. The zero-order valence-electron chi connectivity index (χ0n) is 14.8. The molecule has 1 fully saturated rings. The molecule has 136 valence electrons. The number of guanidine groups is 1. The summed E-state index contributed by atoms with van der Waals surface area (Å²) in [6.45, 7) is 12.5. The molecule has 0 aromatic heterocycles. The van der Waals surface area contributed by atoms with E-state index in [1.807, 2.05) is 20.8 Å². The van der Waals surface area contributed by atoms with Crippen LogP contribution in [0.5, 0.6) is 0 Å². The van der Waals surface area contributed by atoms with Gasteiger partial charge < -0.3 is 20.7 Å². The van der Waals surface area contributed by atoms with Crippen molar-refractivity contribution >= 4 is 35.8 Å². The number of rotatable bonds is 7. The number of nitrogens with one attached hydrogen (secondary N) is 3. The number of amides is 1. The highest BCUT2D eigenvalue weighted by molar-refractivity contribution is 14.0. The summed E-state index contributed by atoms with van der Waals surface area (Å²) in [5.41, 5.74) is -0.513. The number of aliphatic imine (C=N–C) groups is 1. The van der Waals surface area contributed by atoms with E-state index in [1.54, 1.807) is 7.05 Å². The van der Waals surface area contributed by atoms with Gasteiger partial charge in [0, 0.05) is 39.8 Å². The Morgan fingerprint density at radius 2 is 1.91 bits per heavy atom. The smallest absolute Gasteiger partial charge is 0.227 e. The number of halogens is 1. The maximum atomic E-state index is 11.8. The lowest BCUT2D eigenvalue weighted by molar-refractivity contribution is -0.128. The van der Waals surface area contributed by atoms with Crippen LogP contribution in [-0.4, -0.2) is 76.3 Å². The molecule has 1 rings (SSSR count). The molecule has 0 aromatic carbocycles. The lowest BCUT2D eigenvalue weighted by atomic mass is 9.93. The summed E-state index contributed by atoms with van der Waals surface area (Å²) in [5, 5.41) is 9.22. The molecule has 1 aliphatic rings. The highest BCUT2D eigenvalue weighted by atomic mass is 127. The van der Waals surface area contributed by atoms with Gasteiger partial charge in [0.15, 0.2) is 5.96 Å². The second kappa shape index (κ2) is 11.9. The van der Waals surface area contributed by atoms with Crippen LogP contribution < -0.4 is 16.0 Å². The van der Waals surface area contributed by atoms with Crippen molar-refractivity contribution in [2.24, 2.45) is 10.4 Å². The quantitative estimate of drug-likeness (QED) is 0.300. The Balaban J connectivity index is 0.00000484. The summed E-state index contributed by atoms with van der Waals surface area (Å²) in [4.78, 5) is 18.7. The van der Waals surface area contributed by atoms with Crippen molar-refractivity contribution < 1.29 is 9.53 Å². The number of ether oxygens (including phenoxy) is 1. The molecule has 1 saturated heterocycles. The lowest BCUT2D eigenvalue weighted by Crippen LogP contribution is -2.45. The molecule has 23 heavy (non-hydrogen) atoms. The van der Waals surface area contributed by atoms with Gasteiger partial charge in [-0.1, -0.05) is 0 Å². The van der Waals surface area contributed by atoms with Crippen molar-refractivity contribution in [1.29, 1.82) is 0 Å². The van der Waals surface area contributed by atoms with E-state index in [0.29, 0.717) is 6.54 Å². The van der Waals surface area contributed by atoms with Gasteiger partial charge in [0.25, 0.3) is 0 Å². The average Bonchev–Trinajstić information content (AvgIpc) is 2.52. The number of hydrogen-bond acceptors (Lipinski definition) is 4. The van der Waals surface area contributed by atoms with Crippen molar-refractivity contribution in [3.63, 3.8) is 0 Å². The van der Waals surface area contributed by atoms with Gasteiger partial charge >= 0.3 is 0 Å². The topological polar surface area (TPSA) is 78.0 Å². The number of carbonyl (C=O) groups excluding carboxylic acids is 1. The summed E-state index contributed by atoms with van der Waals surface area (Å²) < 4.78 is 5.34. The van der Waals surface area contributed by atoms with Crippen LogP contribution in [-0.2, 0) is 9.53 Å². The average molecular weight is 441 g/mol. The Bertz CT molecular complexity index is 371. The normalized spacial score (nSPS) is 16.4. The Morgan fingerprint density at radius 1 is 1.26 bits per heavy atom.